The number of pyridine rings is 1. The summed E-state index contributed by atoms with van der Waals surface area (Å²) in [6.07, 6.45) is 4.64. The second-order valence-electron chi connectivity index (χ2n) is 5.33. The van der Waals surface area contributed by atoms with Crippen molar-refractivity contribution in [1.29, 1.82) is 0 Å². The predicted molar refractivity (Wildman–Crippen MR) is 76.8 cm³/mol. The van der Waals surface area contributed by atoms with Gasteiger partial charge < -0.3 is 10.5 Å². The van der Waals surface area contributed by atoms with Crippen molar-refractivity contribution in [3.63, 3.8) is 0 Å². The Kier molecular flexibility index (Phi) is 5.88. The van der Waals surface area contributed by atoms with Gasteiger partial charge in [-0.3, -0.25) is 9.88 Å². The molecule has 1 fully saturated rings. The van der Waals surface area contributed by atoms with E-state index in [0.717, 1.165) is 44.7 Å². The van der Waals surface area contributed by atoms with E-state index in [-0.39, 0.29) is 11.9 Å². The molecule has 2 N–H and O–H groups in total. The molecule has 1 aromatic heterocycles. The summed E-state index contributed by atoms with van der Waals surface area (Å²) in [6, 6.07) is 3.46. The molecule has 1 aromatic rings. The molecule has 0 aliphatic carbocycles. The molecule has 2 rings (SSSR count). The summed E-state index contributed by atoms with van der Waals surface area (Å²) < 4.78 is 18.7. The first-order valence-corrected chi connectivity index (χ1v) is 7.38. The minimum Gasteiger partial charge on any atom is -0.378 e. The molecule has 0 bridgehead atoms. The van der Waals surface area contributed by atoms with E-state index in [0.29, 0.717) is 12.6 Å². The van der Waals surface area contributed by atoms with Crippen LogP contribution in [0.5, 0.6) is 0 Å². The summed E-state index contributed by atoms with van der Waals surface area (Å²) >= 11 is 0. The highest BCUT2D eigenvalue weighted by atomic mass is 19.1. The van der Waals surface area contributed by atoms with E-state index in [4.69, 9.17) is 10.5 Å². The van der Waals surface area contributed by atoms with Gasteiger partial charge in [0.05, 0.1) is 18.0 Å². The second-order valence-corrected chi connectivity index (χ2v) is 5.33. The minimum absolute atomic E-state index is 0.223. The van der Waals surface area contributed by atoms with Crippen LogP contribution in [0.4, 0.5) is 4.39 Å². The lowest BCUT2D eigenvalue weighted by atomic mass is 10.0. The average Bonchev–Trinajstić information content (AvgIpc) is 2.48. The Hall–Kier alpha value is -1.04. The van der Waals surface area contributed by atoms with Crippen molar-refractivity contribution in [2.75, 3.05) is 26.2 Å². The van der Waals surface area contributed by atoms with E-state index in [2.05, 4.69) is 16.8 Å². The summed E-state index contributed by atoms with van der Waals surface area (Å²) in [7, 11) is 0. The Labute approximate surface area is 120 Å². The van der Waals surface area contributed by atoms with Gasteiger partial charge in [-0.15, -0.1) is 0 Å². The number of likely N-dealkylation sites (tertiary alicyclic amines) is 1. The summed E-state index contributed by atoms with van der Waals surface area (Å²) in [5.74, 6) is -0.284. The van der Waals surface area contributed by atoms with Crippen molar-refractivity contribution in [3.05, 3.63) is 29.8 Å². The molecule has 4 nitrogen and oxygen atoms in total. The maximum Gasteiger partial charge on any atom is 0.141 e. The van der Waals surface area contributed by atoms with Crippen LogP contribution < -0.4 is 5.73 Å². The third kappa shape index (κ3) is 4.23. The minimum atomic E-state index is -0.284. The van der Waals surface area contributed by atoms with Gasteiger partial charge in [-0.2, -0.15) is 0 Å². The lowest BCUT2D eigenvalue weighted by molar-refractivity contribution is -0.00113. The number of hydrogen-bond donors (Lipinski definition) is 1. The molecule has 1 saturated heterocycles. The van der Waals surface area contributed by atoms with Gasteiger partial charge in [0.15, 0.2) is 0 Å². The molecule has 20 heavy (non-hydrogen) atoms. The molecule has 0 aromatic carbocycles. The largest absolute Gasteiger partial charge is 0.378 e. The quantitative estimate of drug-likeness (QED) is 0.811. The van der Waals surface area contributed by atoms with E-state index in [9.17, 15) is 4.39 Å². The van der Waals surface area contributed by atoms with E-state index in [1.807, 2.05) is 0 Å². The predicted octanol–water partition coefficient (Wildman–Crippen LogP) is 2.11. The molecule has 1 aliphatic heterocycles. The molecule has 5 heteroatoms. The van der Waals surface area contributed by atoms with Gasteiger partial charge in [0.2, 0.25) is 0 Å². The van der Waals surface area contributed by atoms with E-state index < -0.39 is 0 Å². The molecule has 0 radical (unpaired) electrons. The second kappa shape index (κ2) is 7.67. The van der Waals surface area contributed by atoms with Crippen molar-refractivity contribution in [2.45, 2.75) is 38.3 Å². The molecule has 2 heterocycles. The van der Waals surface area contributed by atoms with Crippen LogP contribution in [0.3, 0.4) is 0 Å². The first kappa shape index (κ1) is 15.4. The zero-order valence-electron chi connectivity index (χ0n) is 12.1. The fourth-order valence-electron chi connectivity index (χ4n) is 2.58. The zero-order chi connectivity index (χ0) is 14.4. The number of nitrogens with zero attached hydrogens (tertiary/aromatic N) is 2. The fourth-order valence-corrected chi connectivity index (χ4v) is 2.58. The van der Waals surface area contributed by atoms with Gasteiger partial charge in [-0.05, 0) is 44.9 Å². The Bertz CT molecular complexity index is 391. The normalized spacial score (nSPS) is 19.1. The number of halogens is 1. The van der Waals surface area contributed by atoms with Gasteiger partial charge in [-0.1, -0.05) is 0 Å². The number of piperidine rings is 1. The number of rotatable bonds is 6. The number of hydrogen-bond acceptors (Lipinski definition) is 4. The Balaban J connectivity index is 1.79. The Morgan fingerprint density at radius 2 is 2.20 bits per heavy atom. The molecule has 0 spiro atoms. The van der Waals surface area contributed by atoms with Crippen LogP contribution in [0.25, 0.3) is 0 Å². The highest BCUT2D eigenvalue weighted by Gasteiger charge is 2.24. The lowest BCUT2D eigenvalue weighted by Gasteiger charge is -2.35. The monoisotopic (exact) mass is 281 g/mol. The summed E-state index contributed by atoms with van der Waals surface area (Å²) in [5.41, 5.74) is 6.38. The maximum absolute atomic E-state index is 12.9. The maximum atomic E-state index is 12.9. The first-order valence-electron chi connectivity index (χ1n) is 7.38. The molecule has 1 aliphatic rings. The molecule has 1 atom stereocenters. The van der Waals surface area contributed by atoms with Crippen LogP contribution in [-0.2, 0) is 4.74 Å². The van der Waals surface area contributed by atoms with Crippen molar-refractivity contribution >= 4 is 0 Å². The molecule has 1 unspecified atom stereocenters. The van der Waals surface area contributed by atoms with Crippen LogP contribution in [0.2, 0.25) is 0 Å². The van der Waals surface area contributed by atoms with Gasteiger partial charge in [0, 0.05) is 25.7 Å². The third-order valence-electron chi connectivity index (χ3n) is 3.90. The Morgan fingerprint density at radius 3 is 2.80 bits per heavy atom. The summed E-state index contributed by atoms with van der Waals surface area (Å²) in [5, 5.41) is 0. The number of ether oxygens (including phenoxy) is 1. The highest BCUT2D eigenvalue weighted by Crippen LogP contribution is 2.24. The van der Waals surface area contributed by atoms with Crippen LogP contribution >= 0.6 is 0 Å². The third-order valence-corrected chi connectivity index (χ3v) is 3.90. The summed E-state index contributed by atoms with van der Waals surface area (Å²) in [6.45, 7) is 5.55. The number of nitrogens with two attached hydrogens (primary N) is 1. The molecule has 112 valence electrons. The fraction of sp³-hybridized carbons (Fsp3) is 0.667. The zero-order valence-corrected chi connectivity index (χ0v) is 12.1. The Morgan fingerprint density at radius 1 is 1.45 bits per heavy atom. The lowest BCUT2D eigenvalue weighted by Crippen LogP contribution is -2.39. The smallest absolute Gasteiger partial charge is 0.141 e. The molecule has 0 amide bonds. The topological polar surface area (TPSA) is 51.4 Å². The van der Waals surface area contributed by atoms with E-state index >= 15 is 0 Å². The van der Waals surface area contributed by atoms with Gasteiger partial charge in [0.1, 0.15) is 5.82 Å². The average molecular weight is 281 g/mol. The van der Waals surface area contributed by atoms with Crippen molar-refractivity contribution in [2.24, 2.45) is 5.73 Å². The van der Waals surface area contributed by atoms with Gasteiger partial charge in [-0.25, -0.2) is 4.39 Å². The standard InChI is InChI=1S/C15H24FN3O/c1-12(15-4-3-13(16)11-18-15)19-8-5-14(6-9-19)20-10-2-7-17/h3-4,11-12,14H,2,5-10,17H2,1H3. The van der Waals surface area contributed by atoms with Crippen molar-refractivity contribution < 1.29 is 9.13 Å². The highest BCUT2D eigenvalue weighted by molar-refractivity contribution is 5.09. The SMILES string of the molecule is CC(c1ccc(F)cn1)N1CCC(OCCCN)CC1. The first-order chi connectivity index (χ1) is 9.70. The van der Waals surface area contributed by atoms with Crippen LogP contribution in [0.15, 0.2) is 18.3 Å². The van der Waals surface area contributed by atoms with Crippen LogP contribution in [0, 0.1) is 5.82 Å². The van der Waals surface area contributed by atoms with Gasteiger partial charge >= 0.3 is 0 Å². The van der Waals surface area contributed by atoms with E-state index in [1.54, 1.807) is 6.07 Å². The number of aromatic nitrogens is 1. The van der Waals surface area contributed by atoms with Crippen LogP contribution in [-0.4, -0.2) is 42.2 Å². The molecular formula is C15H24FN3O. The van der Waals surface area contributed by atoms with Crippen molar-refractivity contribution in [1.82, 2.24) is 9.88 Å². The molecular weight excluding hydrogens is 257 g/mol. The van der Waals surface area contributed by atoms with Crippen molar-refractivity contribution in [3.8, 4) is 0 Å². The summed E-state index contributed by atoms with van der Waals surface area (Å²) in [4.78, 5) is 6.55. The molecule has 0 saturated carbocycles. The van der Waals surface area contributed by atoms with Crippen LogP contribution in [0.1, 0.15) is 37.9 Å². The van der Waals surface area contributed by atoms with Gasteiger partial charge in [0.25, 0.3) is 0 Å². The van der Waals surface area contributed by atoms with E-state index in [1.165, 1.54) is 12.3 Å².